The van der Waals surface area contributed by atoms with E-state index in [4.69, 9.17) is 10.5 Å². The third-order valence-corrected chi connectivity index (χ3v) is 3.83. The first-order valence-electron chi connectivity index (χ1n) is 6.72. The second-order valence-corrected chi connectivity index (χ2v) is 5.17. The number of rotatable bonds is 3. The average Bonchev–Trinajstić information content (AvgIpc) is 2.81. The number of ether oxygens (including phenoxy) is 1. The Morgan fingerprint density at radius 2 is 2.32 bits per heavy atom. The zero-order valence-electron chi connectivity index (χ0n) is 10.8. The molecule has 2 aliphatic rings. The largest absolute Gasteiger partial charge is 0.488 e. The van der Waals surface area contributed by atoms with E-state index in [9.17, 15) is 4.79 Å². The normalized spacial score (nSPS) is 26.7. The number of carbonyl (C=O) groups is 1. The molecule has 0 aromatic heterocycles. The minimum Gasteiger partial charge on any atom is -0.488 e. The van der Waals surface area contributed by atoms with Crippen molar-refractivity contribution in [2.24, 2.45) is 5.73 Å². The first-order chi connectivity index (χ1) is 9.24. The maximum absolute atomic E-state index is 11.5. The summed E-state index contributed by atoms with van der Waals surface area (Å²) in [6.45, 7) is 3.12. The molecule has 0 spiro atoms. The van der Waals surface area contributed by atoms with E-state index in [2.05, 4.69) is 16.3 Å². The van der Waals surface area contributed by atoms with Gasteiger partial charge in [0.2, 0.25) is 5.91 Å². The quantitative estimate of drug-likeness (QED) is 0.787. The molecule has 0 radical (unpaired) electrons. The fourth-order valence-electron chi connectivity index (χ4n) is 2.86. The van der Waals surface area contributed by atoms with Crippen molar-refractivity contribution in [1.82, 2.24) is 10.2 Å². The van der Waals surface area contributed by atoms with Crippen LogP contribution >= 0.6 is 0 Å². The van der Waals surface area contributed by atoms with Crippen LogP contribution in [0, 0.1) is 0 Å². The molecule has 1 fully saturated rings. The summed E-state index contributed by atoms with van der Waals surface area (Å²) in [4.78, 5) is 13.6. The fraction of sp³-hybridized carbons (Fsp3) is 0.500. The van der Waals surface area contributed by atoms with E-state index in [0.717, 1.165) is 31.8 Å². The number of nitrogens with zero attached hydrogens (tertiary/aromatic N) is 1. The van der Waals surface area contributed by atoms with Crippen molar-refractivity contribution in [1.29, 1.82) is 0 Å². The molecule has 5 nitrogen and oxygen atoms in total. The van der Waals surface area contributed by atoms with Gasteiger partial charge in [-0.15, -0.1) is 0 Å². The maximum atomic E-state index is 11.5. The van der Waals surface area contributed by atoms with Crippen LogP contribution in [-0.4, -0.2) is 49.1 Å². The Bertz CT molecular complexity index is 453. The van der Waals surface area contributed by atoms with Crippen molar-refractivity contribution in [2.45, 2.75) is 18.6 Å². The Balaban J connectivity index is 1.64. The molecule has 0 saturated carbocycles. The number of amides is 1. The van der Waals surface area contributed by atoms with Crippen molar-refractivity contribution in [2.75, 3.05) is 26.2 Å². The molecular formula is C14H19N3O2. The van der Waals surface area contributed by atoms with Crippen LogP contribution in [-0.2, 0) is 11.2 Å². The third kappa shape index (κ3) is 2.57. The van der Waals surface area contributed by atoms with E-state index < -0.39 is 0 Å². The van der Waals surface area contributed by atoms with Gasteiger partial charge in [0.1, 0.15) is 17.9 Å². The van der Waals surface area contributed by atoms with Gasteiger partial charge in [0.15, 0.2) is 0 Å². The number of hydrogen-bond acceptors (Lipinski definition) is 4. The van der Waals surface area contributed by atoms with Gasteiger partial charge in [0.25, 0.3) is 0 Å². The van der Waals surface area contributed by atoms with Gasteiger partial charge in [-0.05, 0) is 11.6 Å². The van der Waals surface area contributed by atoms with Crippen LogP contribution < -0.4 is 15.8 Å². The van der Waals surface area contributed by atoms with E-state index in [-0.39, 0.29) is 18.1 Å². The van der Waals surface area contributed by atoms with Crippen LogP contribution in [0.15, 0.2) is 24.3 Å². The lowest BCUT2D eigenvalue weighted by molar-refractivity contribution is -0.124. The molecule has 1 aromatic rings. The van der Waals surface area contributed by atoms with Gasteiger partial charge in [-0.1, -0.05) is 18.2 Å². The second-order valence-electron chi connectivity index (χ2n) is 5.17. The molecular weight excluding hydrogens is 242 g/mol. The average molecular weight is 261 g/mol. The number of carbonyl (C=O) groups excluding carboxylic acids is 1. The lowest BCUT2D eigenvalue weighted by atomic mass is 10.1. The molecule has 0 aliphatic carbocycles. The number of piperazine rings is 1. The Hall–Kier alpha value is -1.59. The molecule has 1 amide bonds. The predicted molar refractivity (Wildman–Crippen MR) is 72.0 cm³/mol. The number of para-hydroxylation sites is 1. The van der Waals surface area contributed by atoms with Crippen LogP contribution in [0.25, 0.3) is 0 Å². The van der Waals surface area contributed by atoms with Crippen molar-refractivity contribution < 1.29 is 9.53 Å². The summed E-state index contributed by atoms with van der Waals surface area (Å²) in [5.74, 6) is 0.709. The molecule has 5 heteroatoms. The van der Waals surface area contributed by atoms with Crippen molar-refractivity contribution in [3.63, 3.8) is 0 Å². The smallest absolute Gasteiger partial charge is 0.236 e. The highest BCUT2D eigenvalue weighted by atomic mass is 16.5. The van der Waals surface area contributed by atoms with Crippen LogP contribution in [0.1, 0.15) is 5.56 Å². The van der Waals surface area contributed by atoms with E-state index in [0.29, 0.717) is 6.54 Å². The number of nitrogens with one attached hydrogen (secondary N) is 1. The highest BCUT2D eigenvalue weighted by Crippen LogP contribution is 2.28. The minimum absolute atomic E-state index is 0.123. The fourth-order valence-corrected chi connectivity index (χ4v) is 2.86. The Labute approximate surface area is 112 Å². The number of nitrogens with two attached hydrogens (primary N) is 1. The van der Waals surface area contributed by atoms with Gasteiger partial charge < -0.3 is 15.8 Å². The molecule has 1 saturated heterocycles. The van der Waals surface area contributed by atoms with E-state index in [1.165, 1.54) is 5.56 Å². The molecule has 2 atom stereocenters. The van der Waals surface area contributed by atoms with Gasteiger partial charge >= 0.3 is 0 Å². The Morgan fingerprint density at radius 1 is 1.47 bits per heavy atom. The number of hydrogen-bond donors (Lipinski definition) is 2. The number of benzene rings is 1. The molecule has 19 heavy (non-hydrogen) atoms. The lowest BCUT2D eigenvalue weighted by Crippen LogP contribution is -2.58. The number of fused-ring (bicyclic) bond motifs is 1. The summed E-state index contributed by atoms with van der Waals surface area (Å²) >= 11 is 0. The van der Waals surface area contributed by atoms with Crippen molar-refractivity contribution in [3.8, 4) is 5.75 Å². The van der Waals surface area contributed by atoms with Gasteiger partial charge in [0.05, 0.1) is 0 Å². The molecule has 3 rings (SSSR count). The summed E-state index contributed by atoms with van der Waals surface area (Å²) in [6.07, 6.45) is 1.03. The van der Waals surface area contributed by atoms with Crippen LogP contribution in [0.3, 0.4) is 0 Å². The number of primary amides is 1. The highest BCUT2D eigenvalue weighted by molar-refractivity contribution is 5.80. The SMILES string of the molecule is NC(=O)C1CNCCN1CC1Cc2ccccc2O1. The first kappa shape index (κ1) is 12.4. The second kappa shape index (κ2) is 5.19. The minimum atomic E-state index is -0.261. The summed E-state index contributed by atoms with van der Waals surface area (Å²) in [6, 6.07) is 7.89. The monoisotopic (exact) mass is 261 g/mol. The maximum Gasteiger partial charge on any atom is 0.236 e. The van der Waals surface area contributed by atoms with E-state index in [1.54, 1.807) is 0 Å². The van der Waals surface area contributed by atoms with E-state index in [1.807, 2.05) is 18.2 Å². The summed E-state index contributed by atoms with van der Waals surface area (Å²) in [7, 11) is 0. The lowest BCUT2D eigenvalue weighted by Gasteiger charge is -2.35. The van der Waals surface area contributed by atoms with Gasteiger partial charge in [-0.3, -0.25) is 9.69 Å². The molecule has 102 valence electrons. The van der Waals surface area contributed by atoms with E-state index >= 15 is 0 Å². The Kier molecular flexibility index (Phi) is 3.40. The van der Waals surface area contributed by atoms with Gasteiger partial charge in [-0.25, -0.2) is 0 Å². The molecule has 1 aromatic carbocycles. The molecule has 2 heterocycles. The standard InChI is InChI=1S/C14H19N3O2/c15-14(18)12-8-16-5-6-17(12)9-11-7-10-3-1-2-4-13(10)19-11/h1-4,11-12,16H,5-9H2,(H2,15,18). The van der Waals surface area contributed by atoms with Crippen LogP contribution in [0.5, 0.6) is 5.75 Å². The zero-order valence-corrected chi connectivity index (χ0v) is 10.8. The van der Waals surface area contributed by atoms with Gasteiger partial charge in [0, 0.05) is 32.6 Å². The third-order valence-electron chi connectivity index (χ3n) is 3.83. The summed E-state index contributed by atoms with van der Waals surface area (Å²) in [5, 5.41) is 3.20. The van der Waals surface area contributed by atoms with Gasteiger partial charge in [-0.2, -0.15) is 0 Å². The first-order valence-corrected chi connectivity index (χ1v) is 6.72. The summed E-state index contributed by atoms with van der Waals surface area (Å²) in [5.41, 5.74) is 6.70. The van der Waals surface area contributed by atoms with Crippen LogP contribution in [0.4, 0.5) is 0 Å². The molecule has 2 unspecified atom stereocenters. The topological polar surface area (TPSA) is 67.6 Å². The highest BCUT2D eigenvalue weighted by Gasteiger charge is 2.31. The molecule has 2 aliphatic heterocycles. The molecule has 0 bridgehead atoms. The summed E-state index contributed by atoms with van der Waals surface area (Å²) < 4.78 is 5.92. The van der Waals surface area contributed by atoms with Crippen molar-refractivity contribution in [3.05, 3.63) is 29.8 Å². The predicted octanol–water partition coefficient (Wildman–Crippen LogP) is -0.251. The van der Waals surface area contributed by atoms with Crippen LogP contribution in [0.2, 0.25) is 0 Å². The van der Waals surface area contributed by atoms with Crippen molar-refractivity contribution >= 4 is 5.91 Å². The zero-order chi connectivity index (χ0) is 13.2. The molecule has 3 N–H and O–H groups in total. The Morgan fingerprint density at radius 3 is 3.11 bits per heavy atom.